The molecular weight excluding hydrogens is 437 g/mol. The number of benzene rings is 3. The van der Waals surface area contributed by atoms with Crippen molar-refractivity contribution in [2.75, 3.05) is 11.5 Å². The molecule has 158 valence electrons. The van der Waals surface area contributed by atoms with E-state index in [1.54, 1.807) is 47.0 Å². The van der Waals surface area contributed by atoms with Crippen LogP contribution in [0.15, 0.2) is 90.1 Å². The zero-order chi connectivity index (χ0) is 21.7. The summed E-state index contributed by atoms with van der Waals surface area (Å²) in [4.78, 5) is 0. The van der Waals surface area contributed by atoms with E-state index in [0.29, 0.717) is 16.7 Å². The molecule has 4 rings (SSSR count). The fourth-order valence-corrected chi connectivity index (χ4v) is 5.10. The quantitative estimate of drug-likeness (QED) is 0.286. The van der Waals surface area contributed by atoms with Gasteiger partial charge in [0.15, 0.2) is 11.0 Å². The van der Waals surface area contributed by atoms with Crippen molar-refractivity contribution in [2.24, 2.45) is 0 Å². The summed E-state index contributed by atoms with van der Waals surface area (Å²) in [6.45, 7) is 0. The maximum absolute atomic E-state index is 13.4. The van der Waals surface area contributed by atoms with Gasteiger partial charge >= 0.3 is 10.1 Å². The summed E-state index contributed by atoms with van der Waals surface area (Å²) in [6, 6.07) is 23.8. The van der Waals surface area contributed by atoms with Crippen molar-refractivity contribution < 1.29 is 17.0 Å². The van der Waals surface area contributed by atoms with Crippen LogP contribution in [0.2, 0.25) is 0 Å². The van der Waals surface area contributed by atoms with Crippen molar-refractivity contribution in [3.63, 3.8) is 0 Å². The third-order valence-corrected chi connectivity index (χ3v) is 6.62. The minimum absolute atomic E-state index is 0.205. The van der Waals surface area contributed by atoms with Crippen molar-refractivity contribution in [1.29, 1.82) is 0 Å². The van der Waals surface area contributed by atoms with Gasteiger partial charge in [0.25, 0.3) is 0 Å². The summed E-state index contributed by atoms with van der Waals surface area (Å²) >= 11 is 1.24. The Morgan fingerprint density at radius 2 is 1.52 bits per heavy atom. The second-order valence-electron chi connectivity index (χ2n) is 6.49. The highest BCUT2D eigenvalue weighted by molar-refractivity contribution is 8.00. The Balaban J connectivity index is 1.55. The van der Waals surface area contributed by atoms with Gasteiger partial charge in [0, 0.05) is 17.0 Å². The molecule has 1 aromatic heterocycles. The molecule has 9 heteroatoms. The molecule has 0 spiro atoms. The molecule has 0 amide bonds. The summed E-state index contributed by atoms with van der Waals surface area (Å²) in [5.41, 5.74) is 1.52. The van der Waals surface area contributed by atoms with Crippen molar-refractivity contribution in [3.05, 3.63) is 90.7 Å². The second kappa shape index (κ2) is 9.32. The number of hydrogen-bond acceptors (Lipinski definition) is 6. The van der Waals surface area contributed by atoms with Gasteiger partial charge in [-0.2, -0.15) is 8.42 Å². The predicted molar refractivity (Wildman–Crippen MR) is 118 cm³/mol. The molecule has 0 N–H and O–H groups in total. The second-order valence-corrected chi connectivity index (χ2v) is 9.24. The lowest BCUT2D eigenvalue weighted by Crippen LogP contribution is -2.15. The van der Waals surface area contributed by atoms with Crippen LogP contribution in [0.1, 0.15) is 0 Å². The van der Waals surface area contributed by atoms with E-state index in [-0.39, 0.29) is 23.1 Å². The fraction of sp³-hybridized carbons (Fsp3) is 0.0909. The molecule has 4 aromatic rings. The van der Waals surface area contributed by atoms with E-state index in [2.05, 4.69) is 10.2 Å². The molecule has 0 aliphatic rings. The lowest BCUT2D eigenvalue weighted by atomic mass is 10.2. The third kappa shape index (κ3) is 5.31. The summed E-state index contributed by atoms with van der Waals surface area (Å²) < 4.78 is 44.9. The van der Waals surface area contributed by atoms with E-state index in [1.807, 2.05) is 30.3 Å². The van der Waals surface area contributed by atoms with Gasteiger partial charge < -0.3 is 4.18 Å². The standard InChI is InChI=1S/C22H18FN3O3S2/c23-18-11-13-19(14-12-18)26-21(17-7-3-1-4-8-17)24-25-22(26)30-15-16-31(27,28)29-20-9-5-2-6-10-20/h1-14H,15-16H2. The average molecular weight is 456 g/mol. The molecule has 0 atom stereocenters. The number of para-hydroxylation sites is 1. The minimum Gasteiger partial charge on any atom is -0.382 e. The molecule has 0 aliphatic carbocycles. The predicted octanol–water partition coefficient (Wildman–Crippen LogP) is 4.57. The fourth-order valence-electron chi connectivity index (χ4n) is 2.86. The van der Waals surface area contributed by atoms with Crippen LogP contribution in [-0.4, -0.2) is 34.7 Å². The molecule has 0 fully saturated rings. The molecule has 1 heterocycles. The highest BCUT2D eigenvalue weighted by atomic mass is 32.2. The molecule has 6 nitrogen and oxygen atoms in total. The Hall–Kier alpha value is -3.17. The van der Waals surface area contributed by atoms with Crippen LogP contribution in [0.4, 0.5) is 4.39 Å². The largest absolute Gasteiger partial charge is 0.382 e. The first-order valence-electron chi connectivity index (χ1n) is 9.39. The number of hydrogen-bond donors (Lipinski definition) is 0. The first kappa shape index (κ1) is 21.1. The van der Waals surface area contributed by atoms with Gasteiger partial charge in [-0.3, -0.25) is 4.57 Å². The summed E-state index contributed by atoms with van der Waals surface area (Å²) in [7, 11) is -3.76. The lowest BCUT2D eigenvalue weighted by molar-refractivity contribution is 0.488. The zero-order valence-electron chi connectivity index (χ0n) is 16.3. The smallest absolute Gasteiger partial charge is 0.310 e. The molecule has 0 aliphatic heterocycles. The van der Waals surface area contributed by atoms with E-state index < -0.39 is 10.1 Å². The van der Waals surface area contributed by atoms with E-state index in [9.17, 15) is 12.8 Å². The van der Waals surface area contributed by atoms with E-state index >= 15 is 0 Å². The number of nitrogens with zero attached hydrogens (tertiary/aromatic N) is 3. The Labute approximate surface area is 183 Å². The summed E-state index contributed by atoms with van der Waals surface area (Å²) in [5, 5.41) is 9.03. The molecule has 0 saturated heterocycles. The van der Waals surface area contributed by atoms with Crippen LogP contribution in [-0.2, 0) is 10.1 Å². The molecule has 0 saturated carbocycles. The Morgan fingerprint density at radius 3 is 2.19 bits per heavy atom. The maximum atomic E-state index is 13.4. The molecule has 3 aromatic carbocycles. The number of halogens is 1. The van der Waals surface area contributed by atoms with Crippen LogP contribution in [0.3, 0.4) is 0 Å². The van der Waals surface area contributed by atoms with Crippen LogP contribution in [0.25, 0.3) is 17.1 Å². The average Bonchev–Trinajstić information content (AvgIpc) is 3.19. The zero-order valence-corrected chi connectivity index (χ0v) is 17.9. The van der Waals surface area contributed by atoms with Gasteiger partial charge in [-0.05, 0) is 36.4 Å². The molecule has 0 bridgehead atoms. The van der Waals surface area contributed by atoms with Crippen LogP contribution in [0, 0.1) is 5.82 Å². The maximum Gasteiger partial charge on any atom is 0.310 e. The van der Waals surface area contributed by atoms with E-state index in [1.165, 1.54) is 23.9 Å². The van der Waals surface area contributed by atoms with Gasteiger partial charge in [0.1, 0.15) is 11.6 Å². The first-order chi connectivity index (χ1) is 15.0. The Kier molecular flexibility index (Phi) is 6.34. The highest BCUT2D eigenvalue weighted by Crippen LogP contribution is 2.28. The monoisotopic (exact) mass is 455 g/mol. The Morgan fingerprint density at radius 1 is 0.871 bits per heavy atom. The number of thioether (sulfide) groups is 1. The molecule has 0 unspecified atom stereocenters. The van der Waals surface area contributed by atoms with Gasteiger partial charge in [0.2, 0.25) is 0 Å². The third-order valence-electron chi connectivity index (χ3n) is 4.28. The molecule has 31 heavy (non-hydrogen) atoms. The van der Waals surface area contributed by atoms with Crippen LogP contribution >= 0.6 is 11.8 Å². The SMILES string of the molecule is O=S(=O)(CCSc1nnc(-c2ccccc2)n1-c1ccc(F)cc1)Oc1ccccc1. The van der Waals surface area contributed by atoms with Gasteiger partial charge in [-0.1, -0.05) is 60.3 Å². The first-order valence-corrected chi connectivity index (χ1v) is 11.9. The van der Waals surface area contributed by atoms with Crippen molar-refractivity contribution in [3.8, 4) is 22.8 Å². The van der Waals surface area contributed by atoms with Crippen LogP contribution in [0.5, 0.6) is 5.75 Å². The lowest BCUT2D eigenvalue weighted by Gasteiger charge is -2.11. The minimum atomic E-state index is -3.76. The van der Waals surface area contributed by atoms with Crippen molar-refractivity contribution in [1.82, 2.24) is 14.8 Å². The van der Waals surface area contributed by atoms with Crippen molar-refractivity contribution >= 4 is 21.9 Å². The van der Waals surface area contributed by atoms with E-state index in [0.717, 1.165) is 5.56 Å². The van der Waals surface area contributed by atoms with Crippen molar-refractivity contribution in [2.45, 2.75) is 5.16 Å². The van der Waals surface area contributed by atoms with E-state index in [4.69, 9.17) is 4.18 Å². The molecule has 0 radical (unpaired) electrons. The summed E-state index contributed by atoms with van der Waals surface area (Å²) in [5.74, 6) is 0.509. The topological polar surface area (TPSA) is 74.1 Å². The highest BCUT2D eigenvalue weighted by Gasteiger charge is 2.18. The number of aromatic nitrogens is 3. The molecular formula is C22H18FN3O3S2. The van der Waals surface area contributed by atoms with Gasteiger partial charge in [-0.15, -0.1) is 10.2 Å². The van der Waals surface area contributed by atoms with Crippen LogP contribution < -0.4 is 4.18 Å². The summed E-state index contributed by atoms with van der Waals surface area (Å²) in [6.07, 6.45) is 0. The Bertz CT molecular complexity index is 1250. The number of rotatable bonds is 8. The van der Waals surface area contributed by atoms with Gasteiger partial charge in [-0.25, -0.2) is 4.39 Å². The van der Waals surface area contributed by atoms with Gasteiger partial charge in [0.05, 0.1) is 5.75 Å². The normalized spacial score (nSPS) is 11.4.